The highest BCUT2D eigenvalue weighted by Gasteiger charge is 2.45. The first-order valence-corrected chi connectivity index (χ1v) is 7.93. The topological polar surface area (TPSA) is 118 Å². The molecule has 0 radical (unpaired) electrons. The number of nitrogens with two attached hydrogens (primary N) is 1. The van der Waals surface area contributed by atoms with Gasteiger partial charge in [-0.15, -0.1) is 10.2 Å². The molecule has 10 heteroatoms. The minimum Gasteiger partial charge on any atom is -0.323 e. The Kier molecular flexibility index (Phi) is 3.60. The fourth-order valence-electron chi connectivity index (χ4n) is 1.68. The number of carbonyl (C=O) groups is 1. The van der Waals surface area contributed by atoms with Gasteiger partial charge >= 0.3 is 0 Å². The van der Waals surface area contributed by atoms with Crippen LogP contribution < -0.4 is 11.1 Å². The minimum atomic E-state index is -3.65. The molecule has 106 valence electrons. The molecule has 1 aliphatic heterocycles. The van der Waals surface area contributed by atoms with Gasteiger partial charge in [0.1, 0.15) is 0 Å². The Balaban J connectivity index is 2.13. The van der Waals surface area contributed by atoms with Crippen molar-refractivity contribution in [1.82, 2.24) is 14.5 Å². The molecule has 1 aromatic heterocycles. The van der Waals surface area contributed by atoms with Crippen molar-refractivity contribution >= 4 is 32.4 Å². The zero-order valence-electron chi connectivity index (χ0n) is 10.6. The van der Waals surface area contributed by atoms with Crippen LogP contribution in [0.4, 0.5) is 5.13 Å². The van der Waals surface area contributed by atoms with E-state index in [0.29, 0.717) is 6.42 Å². The van der Waals surface area contributed by atoms with Crippen LogP contribution in [0.5, 0.6) is 0 Å². The highest BCUT2D eigenvalue weighted by Crippen LogP contribution is 2.30. The molecule has 2 rings (SSSR count). The summed E-state index contributed by atoms with van der Waals surface area (Å²) >= 11 is 0.829. The van der Waals surface area contributed by atoms with Gasteiger partial charge in [0.15, 0.2) is 0 Å². The fraction of sp³-hybridized carbons (Fsp3) is 0.667. The van der Waals surface area contributed by atoms with Crippen molar-refractivity contribution in [3.63, 3.8) is 0 Å². The number of nitrogens with one attached hydrogen (secondary N) is 1. The van der Waals surface area contributed by atoms with Gasteiger partial charge in [-0.05, 0) is 6.42 Å². The maximum atomic E-state index is 12.2. The second-order valence-electron chi connectivity index (χ2n) is 4.54. The van der Waals surface area contributed by atoms with E-state index in [1.54, 1.807) is 0 Å². The molecule has 1 fully saturated rings. The van der Waals surface area contributed by atoms with Crippen LogP contribution in [0.3, 0.4) is 0 Å². The van der Waals surface area contributed by atoms with Gasteiger partial charge in [-0.1, -0.05) is 18.3 Å². The van der Waals surface area contributed by atoms with Crippen molar-refractivity contribution < 1.29 is 13.2 Å². The summed E-state index contributed by atoms with van der Waals surface area (Å²) in [6.07, 6.45) is 0.715. The summed E-state index contributed by atoms with van der Waals surface area (Å²) in [6.45, 7) is 3.79. The lowest BCUT2D eigenvalue weighted by molar-refractivity contribution is -0.114. The van der Waals surface area contributed by atoms with Gasteiger partial charge in [-0.25, -0.2) is 8.42 Å². The molecule has 0 spiro atoms. The molecule has 0 unspecified atom stereocenters. The Morgan fingerprint density at radius 3 is 2.68 bits per heavy atom. The van der Waals surface area contributed by atoms with Gasteiger partial charge in [0.2, 0.25) is 15.4 Å². The first-order valence-electron chi connectivity index (χ1n) is 5.67. The molecule has 19 heavy (non-hydrogen) atoms. The van der Waals surface area contributed by atoms with Gasteiger partial charge in [0.25, 0.3) is 10.0 Å². The summed E-state index contributed by atoms with van der Waals surface area (Å²) in [6, 6.07) is 0. The standard InChI is InChI=1S/C9H15N5O3S2/c1-3-9(10)4-14(5-9)19(16,17)8-13-12-7(18-8)11-6(2)15/h3-5,10H2,1-2H3,(H,11,12,15). The van der Waals surface area contributed by atoms with E-state index in [-0.39, 0.29) is 28.5 Å². The predicted octanol–water partition coefficient (Wildman–Crippen LogP) is -0.392. The summed E-state index contributed by atoms with van der Waals surface area (Å²) in [7, 11) is -3.65. The van der Waals surface area contributed by atoms with Gasteiger partial charge in [0.05, 0.1) is 0 Å². The van der Waals surface area contributed by atoms with E-state index in [4.69, 9.17) is 5.73 Å². The van der Waals surface area contributed by atoms with Gasteiger partial charge in [0, 0.05) is 25.6 Å². The predicted molar refractivity (Wildman–Crippen MR) is 70.2 cm³/mol. The monoisotopic (exact) mass is 305 g/mol. The number of hydrogen-bond acceptors (Lipinski definition) is 7. The van der Waals surface area contributed by atoms with E-state index in [1.165, 1.54) is 11.2 Å². The fourth-order valence-corrected chi connectivity index (χ4v) is 4.39. The van der Waals surface area contributed by atoms with E-state index >= 15 is 0 Å². The van der Waals surface area contributed by atoms with Crippen molar-refractivity contribution in [1.29, 1.82) is 0 Å². The van der Waals surface area contributed by atoms with Crippen LogP contribution in [0.1, 0.15) is 20.3 Å². The first-order chi connectivity index (χ1) is 8.77. The van der Waals surface area contributed by atoms with E-state index in [0.717, 1.165) is 11.3 Å². The Labute approximate surface area is 115 Å². The van der Waals surface area contributed by atoms with E-state index in [9.17, 15) is 13.2 Å². The van der Waals surface area contributed by atoms with Crippen LogP contribution in [0, 0.1) is 0 Å². The van der Waals surface area contributed by atoms with Crippen LogP contribution in [-0.4, -0.2) is 47.5 Å². The lowest BCUT2D eigenvalue weighted by Gasteiger charge is -2.45. The van der Waals surface area contributed by atoms with E-state index < -0.39 is 15.6 Å². The van der Waals surface area contributed by atoms with E-state index in [1.807, 2.05) is 6.92 Å². The minimum absolute atomic E-state index is 0.130. The normalized spacial score (nSPS) is 18.9. The van der Waals surface area contributed by atoms with E-state index in [2.05, 4.69) is 15.5 Å². The van der Waals surface area contributed by atoms with Gasteiger partial charge in [-0.3, -0.25) is 4.79 Å². The zero-order valence-corrected chi connectivity index (χ0v) is 12.2. The number of nitrogens with zero attached hydrogens (tertiary/aromatic N) is 3. The van der Waals surface area contributed by atoms with Gasteiger partial charge in [-0.2, -0.15) is 4.31 Å². The Morgan fingerprint density at radius 2 is 2.16 bits per heavy atom. The smallest absolute Gasteiger partial charge is 0.272 e. The molecule has 2 heterocycles. The molecule has 1 saturated heterocycles. The highest BCUT2D eigenvalue weighted by molar-refractivity contribution is 7.91. The Morgan fingerprint density at radius 1 is 1.53 bits per heavy atom. The van der Waals surface area contributed by atoms with Gasteiger partial charge < -0.3 is 11.1 Å². The molecule has 1 aliphatic rings. The third-order valence-electron chi connectivity index (χ3n) is 2.94. The van der Waals surface area contributed by atoms with Crippen LogP contribution in [0.25, 0.3) is 0 Å². The SMILES string of the molecule is CCC1(N)CN(S(=O)(=O)c2nnc(NC(C)=O)s2)C1. The van der Waals surface area contributed by atoms with Crippen molar-refractivity contribution in [3.8, 4) is 0 Å². The second-order valence-corrected chi connectivity index (χ2v) is 7.63. The highest BCUT2D eigenvalue weighted by atomic mass is 32.2. The average Bonchev–Trinajstić information content (AvgIpc) is 2.72. The summed E-state index contributed by atoms with van der Waals surface area (Å²) in [4.78, 5) is 10.8. The zero-order chi connectivity index (χ0) is 14.3. The molecule has 0 saturated carbocycles. The number of amides is 1. The number of anilines is 1. The molecule has 0 bridgehead atoms. The van der Waals surface area contributed by atoms with Crippen LogP contribution in [0.15, 0.2) is 4.34 Å². The maximum absolute atomic E-state index is 12.2. The lowest BCUT2D eigenvalue weighted by atomic mass is 9.91. The summed E-state index contributed by atoms with van der Waals surface area (Å²) in [5.74, 6) is -0.323. The third-order valence-corrected chi connectivity index (χ3v) is 5.91. The molecule has 1 amide bonds. The quantitative estimate of drug-likeness (QED) is 0.731. The number of carbonyl (C=O) groups excluding carboxylic acids is 1. The third kappa shape index (κ3) is 2.76. The number of sulfonamides is 1. The maximum Gasteiger partial charge on any atom is 0.272 e. The molecule has 1 aromatic rings. The number of hydrogen-bond donors (Lipinski definition) is 2. The Bertz CT molecular complexity index is 591. The molecule has 0 aliphatic carbocycles. The number of rotatable bonds is 4. The second kappa shape index (κ2) is 4.78. The lowest BCUT2D eigenvalue weighted by Crippen LogP contribution is -2.68. The summed E-state index contributed by atoms with van der Waals surface area (Å²) in [5.41, 5.74) is 5.50. The Hall–Kier alpha value is -1.10. The van der Waals surface area contributed by atoms with Crippen molar-refractivity contribution in [2.45, 2.75) is 30.1 Å². The molecule has 8 nitrogen and oxygen atoms in total. The largest absolute Gasteiger partial charge is 0.323 e. The van der Waals surface area contributed by atoms with Crippen molar-refractivity contribution in [2.75, 3.05) is 18.4 Å². The number of aromatic nitrogens is 2. The molecule has 3 N–H and O–H groups in total. The van der Waals surface area contributed by atoms with Crippen LogP contribution in [0.2, 0.25) is 0 Å². The molecule has 0 atom stereocenters. The average molecular weight is 305 g/mol. The van der Waals surface area contributed by atoms with Crippen LogP contribution >= 0.6 is 11.3 Å². The summed E-state index contributed by atoms with van der Waals surface area (Å²) in [5, 5.41) is 9.79. The molecule has 0 aromatic carbocycles. The van der Waals surface area contributed by atoms with Crippen LogP contribution in [-0.2, 0) is 14.8 Å². The first kappa shape index (κ1) is 14.3. The molecular formula is C9H15N5O3S2. The van der Waals surface area contributed by atoms with Crippen molar-refractivity contribution in [2.24, 2.45) is 5.73 Å². The summed E-state index contributed by atoms with van der Waals surface area (Å²) < 4.78 is 25.5. The van der Waals surface area contributed by atoms with Crippen molar-refractivity contribution in [3.05, 3.63) is 0 Å². The molecular weight excluding hydrogens is 290 g/mol.